The highest BCUT2D eigenvalue weighted by molar-refractivity contribution is 7.09. The molecule has 1 aliphatic rings. The molecule has 0 radical (unpaired) electrons. The van der Waals surface area contributed by atoms with Crippen LogP contribution in [0.25, 0.3) is 0 Å². The summed E-state index contributed by atoms with van der Waals surface area (Å²) in [5.41, 5.74) is 2.08. The second kappa shape index (κ2) is 6.51. The van der Waals surface area contributed by atoms with E-state index in [4.69, 9.17) is 9.47 Å². The van der Waals surface area contributed by atoms with E-state index in [-0.39, 0.29) is 6.04 Å². The molecule has 0 aliphatic carbocycles. The fourth-order valence-electron chi connectivity index (χ4n) is 2.45. The van der Waals surface area contributed by atoms with E-state index in [0.29, 0.717) is 12.5 Å². The molecule has 2 aromatic rings. The first-order chi connectivity index (χ1) is 10.3. The van der Waals surface area contributed by atoms with Crippen molar-refractivity contribution in [1.82, 2.24) is 14.9 Å². The van der Waals surface area contributed by atoms with Crippen molar-refractivity contribution < 1.29 is 9.47 Å². The normalized spacial score (nSPS) is 19.6. The molecule has 0 aromatic carbocycles. The van der Waals surface area contributed by atoms with E-state index in [2.05, 4.69) is 20.2 Å². The summed E-state index contributed by atoms with van der Waals surface area (Å²) in [6, 6.07) is 6.09. The van der Waals surface area contributed by atoms with Crippen LogP contribution in [0.4, 0.5) is 0 Å². The van der Waals surface area contributed by atoms with E-state index in [1.807, 2.05) is 25.1 Å². The van der Waals surface area contributed by atoms with Crippen molar-refractivity contribution in [1.29, 1.82) is 0 Å². The van der Waals surface area contributed by atoms with Gasteiger partial charge in [0.15, 0.2) is 0 Å². The fraction of sp³-hybridized carbons (Fsp3) is 0.467. The maximum absolute atomic E-state index is 5.64. The Morgan fingerprint density at radius 3 is 3.10 bits per heavy atom. The molecule has 0 unspecified atom stereocenters. The predicted octanol–water partition coefficient (Wildman–Crippen LogP) is 2.43. The van der Waals surface area contributed by atoms with Crippen molar-refractivity contribution in [2.24, 2.45) is 0 Å². The van der Waals surface area contributed by atoms with Crippen LogP contribution in [0, 0.1) is 6.92 Å². The van der Waals surface area contributed by atoms with E-state index < -0.39 is 0 Å². The smallest absolute Gasteiger partial charge is 0.213 e. The van der Waals surface area contributed by atoms with Crippen LogP contribution < -0.4 is 4.74 Å². The fourth-order valence-corrected chi connectivity index (χ4v) is 3.36. The monoisotopic (exact) mass is 305 g/mol. The van der Waals surface area contributed by atoms with Gasteiger partial charge < -0.3 is 9.47 Å². The number of ether oxygens (including phenoxy) is 2. The van der Waals surface area contributed by atoms with Crippen LogP contribution in [-0.2, 0) is 11.3 Å². The van der Waals surface area contributed by atoms with Gasteiger partial charge in [-0.1, -0.05) is 6.07 Å². The molecule has 1 saturated heterocycles. The number of rotatable bonds is 4. The zero-order valence-corrected chi connectivity index (χ0v) is 13.1. The Hall–Kier alpha value is -1.50. The molecular weight excluding hydrogens is 286 g/mol. The lowest BCUT2D eigenvalue weighted by Gasteiger charge is -2.34. The number of thiazole rings is 1. The summed E-state index contributed by atoms with van der Waals surface area (Å²) in [7, 11) is 1.64. The van der Waals surface area contributed by atoms with E-state index in [0.717, 1.165) is 36.1 Å². The van der Waals surface area contributed by atoms with Crippen LogP contribution >= 0.6 is 11.3 Å². The second-order valence-corrected chi connectivity index (χ2v) is 5.95. The lowest BCUT2D eigenvalue weighted by molar-refractivity contribution is -0.0134. The van der Waals surface area contributed by atoms with Gasteiger partial charge in [-0.25, -0.2) is 9.97 Å². The van der Waals surface area contributed by atoms with Gasteiger partial charge in [0.2, 0.25) is 5.88 Å². The first-order valence-corrected chi connectivity index (χ1v) is 7.88. The van der Waals surface area contributed by atoms with Gasteiger partial charge in [-0.05, 0) is 13.0 Å². The molecule has 0 saturated carbocycles. The van der Waals surface area contributed by atoms with Gasteiger partial charge in [-0.15, -0.1) is 11.3 Å². The Morgan fingerprint density at radius 1 is 1.43 bits per heavy atom. The molecule has 0 N–H and O–H groups in total. The molecule has 1 atom stereocenters. The van der Waals surface area contributed by atoms with Crippen LogP contribution in [0.1, 0.15) is 22.4 Å². The minimum Gasteiger partial charge on any atom is -0.481 e. The average molecular weight is 305 g/mol. The largest absolute Gasteiger partial charge is 0.481 e. The first-order valence-electron chi connectivity index (χ1n) is 7.00. The highest BCUT2D eigenvalue weighted by Gasteiger charge is 2.27. The molecule has 0 bridgehead atoms. The molecule has 0 spiro atoms. The number of pyridine rings is 1. The van der Waals surface area contributed by atoms with Gasteiger partial charge in [0.05, 0.1) is 32.1 Å². The quantitative estimate of drug-likeness (QED) is 0.868. The standard InChI is InChI=1S/C15H19N3O2S/c1-11-10-21-15(16-11)13-9-20-7-6-18(13)8-12-4-3-5-14(17-12)19-2/h3-5,10,13H,6-9H2,1-2H3/t13-/m0/s1. The average Bonchev–Trinajstić information content (AvgIpc) is 2.94. The number of hydrogen-bond donors (Lipinski definition) is 0. The second-order valence-electron chi connectivity index (χ2n) is 5.06. The number of methoxy groups -OCH3 is 1. The van der Waals surface area contributed by atoms with Crippen LogP contribution in [0.3, 0.4) is 0 Å². The van der Waals surface area contributed by atoms with E-state index in [9.17, 15) is 0 Å². The highest BCUT2D eigenvalue weighted by Crippen LogP contribution is 2.28. The van der Waals surface area contributed by atoms with Gasteiger partial charge in [-0.3, -0.25) is 4.90 Å². The van der Waals surface area contributed by atoms with Gasteiger partial charge >= 0.3 is 0 Å². The molecule has 21 heavy (non-hydrogen) atoms. The third kappa shape index (κ3) is 3.40. The van der Waals surface area contributed by atoms with Crippen molar-refractivity contribution in [3.63, 3.8) is 0 Å². The number of aryl methyl sites for hydroxylation is 1. The Morgan fingerprint density at radius 2 is 2.33 bits per heavy atom. The highest BCUT2D eigenvalue weighted by atomic mass is 32.1. The minimum absolute atomic E-state index is 0.213. The van der Waals surface area contributed by atoms with E-state index in [1.165, 1.54) is 0 Å². The van der Waals surface area contributed by atoms with Crippen LogP contribution in [0.15, 0.2) is 23.6 Å². The molecule has 5 nitrogen and oxygen atoms in total. The number of morpholine rings is 1. The Bertz CT molecular complexity index is 602. The predicted molar refractivity (Wildman–Crippen MR) is 81.6 cm³/mol. The van der Waals surface area contributed by atoms with Crippen LogP contribution in [0.2, 0.25) is 0 Å². The maximum Gasteiger partial charge on any atom is 0.213 e. The Labute approximate surface area is 128 Å². The van der Waals surface area contributed by atoms with Crippen molar-refractivity contribution in [2.45, 2.75) is 19.5 Å². The summed E-state index contributed by atoms with van der Waals surface area (Å²) >= 11 is 1.70. The third-order valence-electron chi connectivity index (χ3n) is 3.52. The molecule has 3 rings (SSSR count). The lowest BCUT2D eigenvalue weighted by atomic mass is 10.2. The summed E-state index contributed by atoms with van der Waals surface area (Å²) in [6.07, 6.45) is 0. The maximum atomic E-state index is 5.64. The summed E-state index contributed by atoms with van der Waals surface area (Å²) < 4.78 is 10.8. The zero-order chi connectivity index (χ0) is 14.7. The minimum atomic E-state index is 0.213. The van der Waals surface area contributed by atoms with Gasteiger partial charge in [0.25, 0.3) is 0 Å². The summed E-state index contributed by atoms with van der Waals surface area (Å²) in [5, 5.41) is 3.21. The van der Waals surface area contributed by atoms with Crippen LogP contribution in [-0.4, -0.2) is 41.7 Å². The van der Waals surface area contributed by atoms with Gasteiger partial charge in [0, 0.05) is 30.2 Å². The molecular formula is C15H19N3O2S. The molecule has 1 aliphatic heterocycles. The molecule has 2 aromatic heterocycles. The van der Waals surface area contributed by atoms with Gasteiger partial charge in [0.1, 0.15) is 5.01 Å². The van der Waals surface area contributed by atoms with E-state index >= 15 is 0 Å². The summed E-state index contributed by atoms with van der Waals surface area (Å²) in [4.78, 5) is 11.5. The number of hydrogen-bond acceptors (Lipinski definition) is 6. The first kappa shape index (κ1) is 14.4. The van der Waals surface area contributed by atoms with Crippen LogP contribution in [0.5, 0.6) is 5.88 Å². The molecule has 112 valence electrons. The Kier molecular flexibility index (Phi) is 4.48. The molecule has 0 amide bonds. The summed E-state index contributed by atoms with van der Waals surface area (Å²) in [6.45, 7) is 5.14. The molecule has 3 heterocycles. The molecule has 1 fully saturated rings. The van der Waals surface area contributed by atoms with Gasteiger partial charge in [-0.2, -0.15) is 0 Å². The summed E-state index contributed by atoms with van der Waals surface area (Å²) in [5.74, 6) is 0.655. The zero-order valence-electron chi connectivity index (χ0n) is 12.3. The third-order valence-corrected chi connectivity index (χ3v) is 4.58. The number of aromatic nitrogens is 2. The number of nitrogens with zero attached hydrogens (tertiary/aromatic N) is 3. The Balaban J connectivity index is 1.77. The van der Waals surface area contributed by atoms with Crippen molar-refractivity contribution in [2.75, 3.05) is 26.9 Å². The lowest BCUT2D eigenvalue weighted by Crippen LogP contribution is -2.39. The SMILES string of the molecule is COc1cccc(CN2CCOC[C@H]2c2nc(C)cs2)n1. The molecule has 6 heteroatoms. The van der Waals surface area contributed by atoms with Crippen molar-refractivity contribution >= 4 is 11.3 Å². The van der Waals surface area contributed by atoms with E-state index in [1.54, 1.807) is 18.4 Å². The van der Waals surface area contributed by atoms with Crippen molar-refractivity contribution in [3.05, 3.63) is 40.0 Å². The van der Waals surface area contributed by atoms with Crippen molar-refractivity contribution in [3.8, 4) is 5.88 Å². The topological polar surface area (TPSA) is 47.5 Å².